The van der Waals surface area contributed by atoms with Gasteiger partial charge in [0.05, 0.1) is 6.61 Å². The summed E-state index contributed by atoms with van der Waals surface area (Å²) in [6, 6.07) is 4.98. The second kappa shape index (κ2) is 4.00. The summed E-state index contributed by atoms with van der Waals surface area (Å²) < 4.78 is 5.32. The van der Waals surface area contributed by atoms with Gasteiger partial charge in [0, 0.05) is 6.07 Å². The highest BCUT2D eigenvalue weighted by molar-refractivity contribution is 5.36. The van der Waals surface area contributed by atoms with Gasteiger partial charge in [-0.2, -0.15) is 0 Å². The van der Waals surface area contributed by atoms with Gasteiger partial charge in [-0.05, 0) is 31.0 Å². The average Bonchev–Trinajstić information content (AvgIpc) is 1.99. The molecule has 0 aliphatic heterocycles. The summed E-state index contributed by atoms with van der Waals surface area (Å²) >= 11 is 0. The summed E-state index contributed by atoms with van der Waals surface area (Å²) in [6.45, 7) is 4.59. The van der Waals surface area contributed by atoms with Crippen molar-refractivity contribution >= 4 is 0 Å². The van der Waals surface area contributed by atoms with Gasteiger partial charge in [-0.3, -0.25) is 5.11 Å². The highest BCUT2D eigenvalue weighted by Crippen LogP contribution is 2.21. The van der Waals surface area contributed by atoms with Gasteiger partial charge in [-0.25, -0.2) is 0 Å². The molecule has 0 heterocycles. The van der Waals surface area contributed by atoms with Crippen LogP contribution in [-0.4, -0.2) is 6.61 Å². The zero-order chi connectivity index (χ0) is 8.97. The molecule has 0 amide bonds. The van der Waals surface area contributed by atoms with Gasteiger partial charge in [0.1, 0.15) is 5.75 Å². The van der Waals surface area contributed by atoms with Crippen molar-refractivity contribution in [3.8, 4) is 11.5 Å². The zero-order valence-corrected chi connectivity index (χ0v) is 7.46. The van der Waals surface area contributed by atoms with Crippen LogP contribution in [0.4, 0.5) is 0 Å². The zero-order valence-electron chi connectivity index (χ0n) is 7.46. The molecule has 0 aliphatic rings. The van der Waals surface area contributed by atoms with Crippen LogP contribution in [0, 0.1) is 6.92 Å². The van der Waals surface area contributed by atoms with Crippen LogP contribution in [0.5, 0.6) is 11.5 Å². The molecule has 65 valence electrons. The third-order valence-corrected chi connectivity index (χ3v) is 1.50. The molecule has 2 nitrogen and oxygen atoms in total. The largest absolute Gasteiger partial charge is 0.493 e. The van der Waals surface area contributed by atoms with Crippen LogP contribution in [-0.2, 0) is 5.11 Å². The Kier molecular flexibility index (Phi) is 2.97. The average molecular weight is 165 g/mol. The molecule has 0 aromatic heterocycles. The van der Waals surface area contributed by atoms with Crippen LogP contribution in [0.15, 0.2) is 18.2 Å². The molecule has 1 rings (SSSR count). The maximum Gasteiger partial charge on any atom is 0.182 e. The molecule has 1 aromatic carbocycles. The van der Waals surface area contributed by atoms with Gasteiger partial charge in [0.15, 0.2) is 5.75 Å². The fourth-order valence-corrected chi connectivity index (χ4v) is 1.02. The minimum absolute atomic E-state index is 0.0149. The number of hydrogen-bond donors (Lipinski definition) is 0. The molecule has 0 aliphatic carbocycles. The lowest BCUT2D eigenvalue weighted by atomic mass is 10.2. The summed E-state index contributed by atoms with van der Waals surface area (Å²) in [4.78, 5) is 0. The standard InChI is InChI=1S/C10H13O2/c1-3-4-12-10-6-8(2)5-9(11)7-10/h5-7H,3-4H2,1-2H3. The first-order valence-electron chi connectivity index (χ1n) is 4.14. The highest BCUT2D eigenvalue weighted by Gasteiger charge is 1.98. The first kappa shape index (κ1) is 8.91. The predicted molar refractivity (Wildman–Crippen MR) is 47.1 cm³/mol. The van der Waals surface area contributed by atoms with E-state index in [2.05, 4.69) is 0 Å². The topological polar surface area (TPSA) is 29.1 Å². The lowest BCUT2D eigenvalue weighted by Gasteiger charge is -2.04. The number of benzene rings is 1. The molecular weight excluding hydrogens is 152 g/mol. The Balaban J connectivity index is 2.72. The Bertz CT molecular complexity index is 236. The Hall–Kier alpha value is -1.18. The van der Waals surface area contributed by atoms with Crippen molar-refractivity contribution < 1.29 is 9.84 Å². The van der Waals surface area contributed by atoms with Crippen molar-refractivity contribution in [3.05, 3.63) is 23.8 Å². The molecular formula is C10H13O2. The molecule has 0 atom stereocenters. The third kappa shape index (κ3) is 2.46. The number of rotatable bonds is 3. The van der Waals surface area contributed by atoms with E-state index in [0.29, 0.717) is 12.4 Å². The van der Waals surface area contributed by atoms with Crippen LogP contribution in [0.1, 0.15) is 18.9 Å². The third-order valence-electron chi connectivity index (χ3n) is 1.50. The summed E-state index contributed by atoms with van der Waals surface area (Å²) in [7, 11) is 0. The molecule has 2 heteroatoms. The second-order valence-electron chi connectivity index (χ2n) is 2.83. The molecule has 0 saturated carbocycles. The summed E-state index contributed by atoms with van der Waals surface area (Å²) in [5.74, 6) is 0.697. The molecule has 1 aromatic rings. The van der Waals surface area contributed by atoms with E-state index in [0.717, 1.165) is 12.0 Å². The lowest BCUT2D eigenvalue weighted by Crippen LogP contribution is -1.94. The fraction of sp³-hybridized carbons (Fsp3) is 0.400. The van der Waals surface area contributed by atoms with E-state index in [9.17, 15) is 5.11 Å². The Morgan fingerprint density at radius 1 is 1.33 bits per heavy atom. The minimum atomic E-state index is 0.0149. The van der Waals surface area contributed by atoms with Crippen molar-refractivity contribution in [3.63, 3.8) is 0 Å². The van der Waals surface area contributed by atoms with Crippen molar-refractivity contribution in [2.45, 2.75) is 20.3 Å². The molecule has 1 radical (unpaired) electrons. The van der Waals surface area contributed by atoms with Gasteiger partial charge in [-0.15, -0.1) is 0 Å². The van der Waals surface area contributed by atoms with Gasteiger partial charge in [0.25, 0.3) is 0 Å². The molecule has 0 saturated heterocycles. The van der Waals surface area contributed by atoms with E-state index in [1.807, 2.05) is 19.9 Å². The monoisotopic (exact) mass is 165 g/mol. The van der Waals surface area contributed by atoms with Crippen LogP contribution in [0.2, 0.25) is 0 Å². The van der Waals surface area contributed by atoms with E-state index < -0.39 is 0 Å². The predicted octanol–water partition coefficient (Wildman–Crippen LogP) is 2.93. The van der Waals surface area contributed by atoms with Crippen LogP contribution in [0.25, 0.3) is 0 Å². The maximum absolute atomic E-state index is 11.0. The Morgan fingerprint density at radius 3 is 2.67 bits per heavy atom. The van der Waals surface area contributed by atoms with Gasteiger partial charge in [-0.1, -0.05) is 6.92 Å². The van der Waals surface area contributed by atoms with E-state index in [4.69, 9.17) is 4.74 Å². The van der Waals surface area contributed by atoms with E-state index in [1.165, 1.54) is 6.07 Å². The minimum Gasteiger partial charge on any atom is -0.493 e. The van der Waals surface area contributed by atoms with Crippen LogP contribution >= 0.6 is 0 Å². The van der Waals surface area contributed by atoms with Crippen molar-refractivity contribution in [2.75, 3.05) is 6.61 Å². The van der Waals surface area contributed by atoms with Crippen molar-refractivity contribution in [2.24, 2.45) is 0 Å². The fourth-order valence-electron chi connectivity index (χ4n) is 1.02. The summed E-state index contributed by atoms with van der Waals surface area (Å²) in [5, 5.41) is 11.0. The van der Waals surface area contributed by atoms with Crippen LogP contribution < -0.4 is 4.74 Å². The second-order valence-corrected chi connectivity index (χ2v) is 2.83. The summed E-state index contributed by atoms with van der Waals surface area (Å²) in [6.07, 6.45) is 0.960. The Labute approximate surface area is 72.8 Å². The molecule has 0 unspecified atom stereocenters. The highest BCUT2D eigenvalue weighted by atomic mass is 16.5. The van der Waals surface area contributed by atoms with Crippen molar-refractivity contribution in [1.82, 2.24) is 0 Å². The van der Waals surface area contributed by atoms with E-state index in [1.54, 1.807) is 6.07 Å². The Morgan fingerprint density at radius 2 is 2.08 bits per heavy atom. The summed E-state index contributed by atoms with van der Waals surface area (Å²) in [5.41, 5.74) is 0.952. The normalized spacial score (nSPS) is 9.83. The molecule has 0 fully saturated rings. The number of aryl methyl sites for hydroxylation is 1. The quantitative estimate of drug-likeness (QED) is 0.677. The first-order valence-corrected chi connectivity index (χ1v) is 4.14. The van der Waals surface area contributed by atoms with Gasteiger partial charge in [0.2, 0.25) is 0 Å². The number of ether oxygens (including phenoxy) is 1. The van der Waals surface area contributed by atoms with E-state index in [-0.39, 0.29) is 5.75 Å². The lowest BCUT2D eigenvalue weighted by molar-refractivity contribution is 0.309. The van der Waals surface area contributed by atoms with Crippen molar-refractivity contribution in [1.29, 1.82) is 0 Å². The number of hydrogen-bond acceptors (Lipinski definition) is 1. The van der Waals surface area contributed by atoms with Gasteiger partial charge >= 0.3 is 0 Å². The molecule has 12 heavy (non-hydrogen) atoms. The van der Waals surface area contributed by atoms with Crippen LogP contribution in [0.3, 0.4) is 0 Å². The molecule has 0 bridgehead atoms. The first-order chi connectivity index (χ1) is 5.72. The molecule has 0 N–H and O–H groups in total. The molecule has 0 spiro atoms. The maximum atomic E-state index is 11.0. The van der Waals surface area contributed by atoms with E-state index >= 15 is 0 Å². The van der Waals surface area contributed by atoms with Gasteiger partial charge < -0.3 is 4.74 Å². The smallest absolute Gasteiger partial charge is 0.182 e. The SMILES string of the molecule is CCCOc1cc(C)cc([O])c1.